The van der Waals surface area contributed by atoms with E-state index >= 15 is 0 Å². The number of likely N-dealkylation sites (N-methyl/N-ethyl adjacent to an activating group) is 1. The van der Waals surface area contributed by atoms with Crippen LogP contribution in [-0.4, -0.2) is 101 Å². The van der Waals surface area contributed by atoms with E-state index in [2.05, 4.69) is 15.2 Å². The summed E-state index contributed by atoms with van der Waals surface area (Å²) in [4.78, 5) is 61.6. The van der Waals surface area contributed by atoms with Crippen molar-refractivity contribution in [2.75, 3.05) is 33.9 Å². The van der Waals surface area contributed by atoms with Crippen LogP contribution >= 0.6 is 11.3 Å². The van der Waals surface area contributed by atoms with Crippen molar-refractivity contribution >= 4 is 34.9 Å². The molecule has 1 aromatic carbocycles. The lowest BCUT2D eigenvalue weighted by atomic mass is 9.82. The van der Waals surface area contributed by atoms with Gasteiger partial charge in [-0.05, 0) is 63.6 Å². The number of aromatic nitrogens is 1. The van der Waals surface area contributed by atoms with Crippen molar-refractivity contribution in [3.05, 3.63) is 51.5 Å². The molecule has 1 aliphatic heterocycles. The van der Waals surface area contributed by atoms with Crippen LogP contribution in [0.2, 0.25) is 0 Å². The van der Waals surface area contributed by atoms with E-state index in [0.717, 1.165) is 43.4 Å². The summed E-state index contributed by atoms with van der Waals surface area (Å²) in [6, 6.07) is 6.93. The van der Waals surface area contributed by atoms with Crippen molar-refractivity contribution in [3.63, 3.8) is 0 Å². The molecule has 0 radical (unpaired) electrons. The number of aliphatic hydroxyl groups is 1. The Labute approximate surface area is 314 Å². The molecule has 12 heteroatoms. The number of Topliss-reactive ketones (excluding diaryl/α,β-unsaturated/α-hetero) is 1. The first kappa shape index (κ1) is 43.2. The van der Waals surface area contributed by atoms with E-state index < -0.39 is 35.9 Å². The lowest BCUT2D eigenvalue weighted by Gasteiger charge is -2.39. The van der Waals surface area contributed by atoms with E-state index in [9.17, 15) is 29.4 Å². The molecule has 0 aliphatic carbocycles. The number of ketones is 1. The van der Waals surface area contributed by atoms with Gasteiger partial charge in [0.15, 0.2) is 5.78 Å². The fourth-order valence-corrected chi connectivity index (χ4v) is 7.91. The van der Waals surface area contributed by atoms with E-state index in [1.54, 1.807) is 24.3 Å². The number of carbonyl (C=O) groups is 4. The van der Waals surface area contributed by atoms with Crippen LogP contribution < -0.4 is 5.32 Å². The zero-order valence-electron chi connectivity index (χ0n) is 32.5. The van der Waals surface area contributed by atoms with E-state index in [4.69, 9.17) is 4.74 Å². The number of amides is 2. The number of likely N-dealkylation sites (tertiary alicyclic amines) is 1. The summed E-state index contributed by atoms with van der Waals surface area (Å²) in [5.41, 5.74) is 2.24. The van der Waals surface area contributed by atoms with Gasteiger partial charge in [0.1, 0.15) is 16.8 Å². The first-order chi connectivity index (χ1) is 24.7. The van der Waals surface area contributed by atoms with Gasteiger partial charge >= 0.3 is 5.97 Å². The summed E-state index contributed by atoms with van der Waals surface area (Å²) < 4.78 is 5.42. The van der Waals surface area contributed by atoms with Crippen molar-refractivity contribution in [3.8, 4) is 0 Å². The molecule has 0 spiro atoms. The van der Waals surface area contributed by atoms with Gasteiger partial charge in [0.2, 0.25) is 5.91 Å². The third-order valence-electron chi connectivity index (χ3n) is 10.7. The Morgan fingerprint density at radius 1 is 1.10 bits per heavy atom. The van der Waals surface area contributed by atoms with Crippen LogP contribution in [0.1, 0.15) is 112 Å². The Hall–Kier alpha value is -3.19. The standard InChI is InChI=1S/C40H62N4O7S/c1-9-27(5)31(22-35(45)33-12-10-11-17-43(33)7)39(48)44(18-19-51-8)34(25(2)3)23-36(46)38-42-32(24-52-38)37(47)41-30(20-28(6)40(49)50)21-29-15-13-26(4)14-16-29/h13-16,24-25,27-28,30-31,33-34,36,46H,9-12,17-23H2,1-8H3,(H,41,47)(H,49,50). The largest absolute Gasteiger partial charge is 0.481 e. The van der Waals surface area contributed by atoms with Crippen LogP contribution in [0.3, 0.4) is 0 Å². The van der Waals surface area contributed by atoms with Gasteiger partial charge in [-0.3, -0.25) is 24.1 Å². The summed E-state index contributed by atoms with van der Waals surface area (Å²) in [6.45, 7) is 13.2. The molecule has 3 N–H and O–H groups in total. The summed E-state index contributed by atoms with van der Waals surface area (Å²) in [5, 5.41) is 26.0. The van der Waals surface area contributed by atoms with Gasteiger partial charge in [0, 0.05) is 49.9 Å². The van der Waals surface area contributed by atoms with Crippen molar-refractivity contribution < 1.29 is 34.1 Å². The van der Waals surface area contributed by atoms with Crippen LogP contribution in [0.5, 0.6) is 0 Å². The molecule has 0 saturated carbocycles. The number of hydrogen-bond acceptors (Lipinski definition) is 9. The second-order valence-electron chi connectivity index (χ2n) is 15.1. The van der Waals surface area contributed by atoms with Crippen molar-refractivity contribution in [2.24, 2.45) is 23.7 Å². The Morgan fingerprint density at radius 2 is 1.79 bits per heavy atom. The first-order valence-corrected chi connectivity index (χ1v) is 19.8. The Balaban J connectivity index is 1.79. The van der Waals surface area contributed by atoms with Gasteiger partial charge in [0.05, 0.1) is 18.6 Å². The Morgan fingerprint density at radius 3 is 2.38 bits per heavy atom. The first-order valence-electron chi connectivity index (χ1n) is 18.9. The lowest BCUT2D eigenvalue weighted by Crippen LogP contribution is -2.50. The number of methoxy groups -OCH3 is 1. The molecule has 290 valence electrons. The highest BCUT2D eigenvalue weighted by Crippen LogP contribution is 2.31. The Kier molecular flexibility index (Phi) is 17.4. The summed E-state index contributed by atoms with van der Waals surface area (Å²) >= 11 is 1.17. The number of thiazole rings is 1. The third-order valence-corrected chi connectivity index (χ3v) is 11.6. The molecule has 0 bridgehead atoms. The van der Waals surface area contributed by atoms with Gasteiger partial charge in [-0.1, -0.05) is 77.3 Å². The van der Waals surface area contributed by atoms with Crippen LogP contribution in [0.4, 0.5) is 0 Å². The smallest absolute Gasteiger partial charge is 0.306 e. The monoisotopic (exact) mass is 742 g/mol. The van der Waals surface area contributed by atoms with Gasteiger partial charge < -0.3 is 25.2 Å². The Bertz CT molecular complexity index is 1450. The molecule has 1 saturated heterocycles. The normalized spacial score (nSPS) is 18.6. The number of nitrogens with zero attached hydrogens (tertiary/aromatic N) is 3. The summed E-state index contributed by atoms with van der Waals surface area (Å²) in [5.74, 6) is -2.55. The zero-order valence-corrected chi connectivity index (χ0v) is 33.3. The molecule has 2 heterocycles. The third kappa shape index (κ3) is 12.5. The molecule has 1 aromatic heterocycles. The van der Waals surface area contributed by atoms with E-state index in [-0.39, 0.29) is 60.6 Å². The van der Waals surface area contributed by atoms with Crippen molar-refractivity contribution in [1.29, 1.82) is 0 Å². The molecule has 7 unspecified atom stereocenters. The minimum absolute atomic E-state index is 0.0125. The molecule has 11 nitrogen and oxygen atoms in total. The maximum absolute atomic E-state index is 14.5. The quantitative estimate of drug-likeness (QED) is 0.142. The van der Waals surface area contributed by atoms with Crippen LogP contribution in [0, 0.1) is 30.6 Å². The fraction of sp³-hybridized carbons (Fsp3) is 0.675. The molecule has 3 rings (SSSR count). The average Bonchev–Trinajstić information content (AvgIpc) is 3.61. The van der Waals surface area contributed by atoms with E-state index in [1.807, 2.05) is 65.9 Å². The number of benzene rings is 1. The van der Waals surface area contributed by atoms with E-state index in [0.29, 0.717) is 24.6 Å². The second-order valence-corrected chi connectivity index (χ2v) is 16.0. The van der Waals surface area contributed by atoms with Gasteiger partial charge in [-0.2, -0.15) is 0 Å². The number of aliphatic hydroxyl groups excluding tert-OH is 1. The maximum atomic E-state index is 14.5. The lowest BCUT2D eigenvalue weighted by molar-refractivity contribution is -0.145. The number of hydrogen-bond donors (Lipinski definition) is 3. The van der Waals surface area contributed by atoms with Gasteiger partial charge in [-0.15, -0.1) is 11.3 Å². The van der Waals surface area contributed by atoms with E-state index in [1.165, 1.54) is 11.3 Å². The highest BCUT2D eigenvalue weighted by Gasteiger charge is 2.38. The molecule has 1 fully saturated rings. The topological polar surface area (TPSA) is 149 Å². The molecule has 2 aromatic rings. The van der Waals surface area contributed by atoms with Crippen LogP contribution in [0.15, 0.2) is 29.6 Å². The summed E-state index contributed by atoms with van der Waals surface area (Å²) in [7, 11) is 3.58. The van der Waals surface area contributed by atoms with Gasteiger partial charge in [-0.25, -0.2) is 4.98 Å². The maximum Gasteiger partial charge on any atom is 0.306 e. The van der Waals surface area contributed by atoms with Crippen molar-refractivity contribution in [2.45, 2.75) is 117 Å². The number of carboxylic acid groups (broad SMARTS) is 1. The average molecular weight is 743 g/mol. The van der Waals surface area contributed by atoms with Crippen LogP contribution in [0.25, 0.3) is 0 Å². The molecular formula is C40H62N4O7S. The predicted octanol–water partition coefficient (Wildman–Crippen LogP) is 5.93. The molecule has 2 amide bonds. The van der Waals surface area contributed by atoms with Crippen LogP contribution in [-0.2, 0) is 25.5 Å². The number of aliphatic carboxylic acids is 1. The molecular weight excluding hydrogens is 681 g/mol. The summed E-state index contributed by atoms with van der Waals surface area (Å²) in [6.07, 6.45) is 3.68. The molecule has 7 atom stereocenters. The van der Waals surface area contributed by atoms with Crippen molar-refractivity contribution in [1.82, 2.24) is 20.1 Å². The van der Waals surface area contributed by atoms with Gasteiger partial charge in [0.25, 0.3) is 5.91 Å². The number of carboxylic acids is 1. The number of nitrogens with one attached hydrogen (secondary N) is 1. The SMILES string of the molecule is CCC(C)C(CC(=O)C1CCCCN1C)C(=O)N(CCOC)C(CC(O)c1nc(C(=O)NC(Cc2ccc(C)cc2)CC(C)C(=O)O)cs1)C(C)C. The zero-order chi connectivity index (χ0) is 38.5. The fourth-order valence-electron chi connectivity index (χ4n) is 7.12. The number of carbonyl (C=O) groups excluding carboxylic acids is 3. The molecule has 52 heavy (non-hydrogen) atoms. The molecule has 1 aliphatic rings. The highest BCUT2D eigenvalue weighted by atomic mass is 32.1. The number of piperidine rings is 1. The number of rotatable bonds is 21. The minimum atomic E-state index is -1.05. The minimum Gasteiger partial charge on any atom is -0.481 e. The number of ether oxygens (including phenoxy) is 1. The highest BCUT2D eigenvalue weighted by molar-refractivity contribution is 7.09. The predicted molar refractivity (Wildman–Crippen MR) is 204 cm³/mol. The number of aryl methyl sites for hydroxylation is 1. The second kappa shape index (κ2) is 20.9.